The molecule has 0 saturated heterocycles. The van der Waals surface area contributed by atoms with E-state index in [9.17, 15) is 0 Å². The number of ether oxygens (including phenoxy) is 1. The van der Waals surface area contributed by atoms with Crippen LogP contribution in [0.4, 0.5) is 0 Å². The molecule has 0 spiro atoms. The van der Waals surface area contributed by atoms with Crippen LogP contribution in [0.2, 0.25) is 0 Å². The monoisotopic (exact) mass is 271 g/mol. The van der Waals surface area contributed by atoms with Crippen molar-refractivity contribution in [2.45, 2.75) is 26.3 Å². The molecule has 4 nitrogen and oxygen atoms in total. The van der Waals surface area contributed by atoms with Gasteiger partial charge in [0.2, 0.25) is 0 Å². The summed E-state index contributed by atoms with van der Waals surface area (Å²) in [5.74, 6) is 1.29. The average Bonchev–Trinajstić information content (AvgIpc) is 2.47. The van der Waals surface area contributed by atoms with Crippen LogP contribution in [-0.2, 0) is 6.54 Å². The maximum Gasteiger partial charge on any atom is 0.128 e. The van der Waals surface area contributed by atoms with Crippen molar-refractivity contribution in [3.63, 3.8) is 0 Å². The van der Waals surface area contributed by atoms with Crippen molar-refractivity contribution in [3.05, 3.63) is 41.6 Å². The predicted octanol–water partition coefficient (Wildman–Crippen LogP) is 3.00. The van der Waals surface area contributed by atoms with Crippen molar-refractivity contribution in [2.75, 3.05) is 14.2 Å². The van der Waals surface area contributed by atoms with Gasteiger partial charge in [-0.3, -0.25) is 0 Å². The largest absolute Gasteiger partial charge is 0.496 e. The van der Waals surface area contributed by atoms with Crippen molar-refractivity contribution in [1.29, 1.82) is 0 Å². The molecule has 0 saturated carbocycles. The van der Waals surface area contributed by atoms with E-state index in [1.807, 2.05) is 25.2 Å². The van der Waals surface area contributed by atoms with Crippen molar-refractivity contribution in [3.8, 4) is 17.0 Å². The lowest BCUT2D eigenvalue weighted by molar-refractivity contribution is 0.416. The van der Waals surface area contributed by atoms with Crippen LogP contribution >= 0.6 is 0 Å². The Morgan fingerprint density at radius 3 is 2.50 bits per heavy atom. The highest BCUT2D eigenvalue weighted by molar-refractivity contribution is 5.68. The van der Waals surface area contributed by atoms with Crippen molar-refractivity contribution in [1.82, 2.24) is 15.5 Å². The molecule has 0 unspecified atom stereocenters. The molecule has 1 aromatic carbocycles. The molecule has 1 aromatic heterocycles. The Labute approximate surface area is 120 Å². The molecule has 0 atom stereocenters. The quantitative estimate of drug-likeness (QED) is 0.908. The number of nitrogens with zero attached hydrogens (tertiary/aromatic N) is 2. The lowest BCUT2D eigenvalue weighted by Gasteiger charge is -2.12. The van der Waals surface area contributed by atoms with Crippen molar-refractivity contribution < 1.29 is 4.74 Å². The lowest BCUT2D eigenvalue weighted by Crippen LogP contribution is -2.07. The summed E-state index contributed by atoms with van der Waals surface area (Å²) in [5.41, 5.74) is 4.02. The number of rotatable bonds is 5. The number of nitrogens with one attached hydrogen (secondary N) is 1. The summed E-state index contributed by atoms with van der Waals surface area (Å²) in [5, 5.41) is 11.6. The average molecular weight is 271 g/mol. The van der Waals surface area contributed by atoms with Gasteiger partial charge in [0.1, 0.15) is 5.75 Å². The first-order valence-electron chi connectivity index (χ1n) is 6.81. The van der Waals surface area contributed by atoms with E-state index in [0.29, 0.717) is 5.92 Å². The first-order valence-corrected chi connectivity index (χ1v) is 6.81. The Hall–Kier alpha value is -1.94. The van der Waals surface area contributed by atoms with Gasteiger partial charge in [0, 0.05) is 12.1 Å². The van der Waals surface area contributed by atoms with E-state index in [1.54, 1.807) is 7.11 Å². The van der Waals surface area contributed by atoms with Crippen LogP contribution in [-0.4, -0.2) is 24.4 Å². The normalized spacial score (nSPS) is 10.8. The van der Waals surface area contributed by atoms with E-state index in [0.717, 1.165) is 29.2 Å². The number of aromatic nitrogens is 2. The Morgan fingerprint density at radius 1 is 1.15 bits per heavy atom. The maximum atomic E-state index is 5.43. The minimum Gasteiger partial charge on any atom is -0.496 e. The summed E-state index contributed by atoms with van der Waals surface area (Å²) in [6.45, 7) is 5.07. The smallest absolute Gasteiger partial charge is 0.128 e. The molecule has 106 valence electrons. The van der Waals surface area contributed by atoms with Gasteiger partial charge >= 0.3 is 0 Å². The zero-order valence-corrected chi connectivity index (χ0v) is 12.5. The molecule has 0 bridgehead atoms. The first-order chi connectivity index (χ1) is 9.65. The van der Waals surface area contributed by atoms with Crippen LogP contribution in [0.3, 0.4) is 0 Å². The van der Waals surface area contributed by atoms with Gasteiger partial charge < -0.3 is 10.1 Å². The summed E-state index contributed by atoms with van der Waals surface area (Å²) >= 11 is 0. The second-order valence-corrected chi connectivity index (χ2v) is 5.05. The van der Waals surface area contributed by atoms with Crippen LogP contribution in [0.5, 0.6) is 5.75 Å². The molecule has 1 heterocycles. The highest BCUT2D eigenvalue weighted by Gasteiger charge is 2.10. The number of methoxy groups -OCH3 is 1. The fourth-order valence-electron chi connectivity index (χ4n) is 2.06. The van der Waals surface area contributed by atoms with Gasteiger partial charge in [0.15, 0.2) is 0 Å². The van der Waals surface area contributed by atoms with Crippen molar-refractivity contribution >= 4 is 0 Å². The van der Waals surface area contributed by atoms with E-state index in [4.69, 9.17) is 4.74 Å². The summed E-state index contributed by atoms with van der Waals surface area (Å²) < 4.78 is 5.43. The molecule has 0 aliphatic carbocycles. The minimum atomic E-state index is 0.469. The van der Waals surface area contributed by atoms with Crippen LogP contribution in [0.15, 0.2) is 30.3 Å². The van der Waals surface area contributed by atoms with Crippen LogP contribution in [0.25, 0.3) is 11.3 Å². The third kappa shape index (κ3) is 3.14. The first kappa shape index (κ1) is 14.5. The SMILES string of the molecule is CNCc1ccc(-c2cc(C(C)C)ccc2OC)nn1. The highest BCUT2D eigenvalue weighted by Crippen LogP contribution is 2.31. The van der Waals surface area contributed by atoms with Crippen molar-refractivity contribution in [2.24, 2.45) is 0 Å². The molecule has 4 heteroatoms. The van der Waals surface area contributed by atoms with Gasteiger partial charge in [0.05, 0.1) is 18.5 Å². The predicted molar refractivity (Wildman–Crippen MR) is 80.9 cm³/mol. The van der Waals surface area contributed by atoms with Gasteiger partial charge in [-0.15, -0.1) is 0 Å². The molecular formula is C16H21N3O. The van der Waals surface area contributed by atoms with E-state index in [2.05, 4.69) is 41.5 Å². The van der Waals surface area contributed by atoms with E-state index >= 15 is 0 Å². The highest BCUT2D eigenvalue weighted by atomic mass is 16.5. The second kappa shape index (κ2) is 6.48. The zero-order chi connectivity index (χ0) is 14.5. The molecule has 0 fully saturated rings. The summed E-state index contributed by atoms with van der Waals surface area (Å²) in [7, 11) is 3.57. The molecule has 0 aliphatic heterocycles. The minimum absolute atomic E-state index is 0.469. The van der Waals surface area contributed by atoms with Gasteiger partial charge in [-0.25, -0.2) is 0 Å². The Kier molecular flexibility index (Phi) is 4.69. The molecule has 0 aliphatic rings. The lowest BCUT2D eigenvalue weighted by atomic mass is 9.99. The molecule has 20 heavy (non-hydrogen) atoms. The Bertz CT molecular complexity index is 564. The maximum absolute atomic E-state index is 5.43. The van der Waals surface area contributed by atoms with E-state index < -0.39 is 0 Å². The Morgan fingerprint density at radius 2 is 1.95 bits per heavy atom. The standard InChI is InChI=1S/C16H21N3O/c1-11(2)12-5-8-16(20-4)14(9-12)15-7-6-13(10-17-3)18-19-15/h5-9,11,17H,10H2,1-4H3. The summed E-state index contributed by atoms with van der Waals surface area (Å²) in [6, 6.07) is 10.2. The van der Waals surface area contributed by atoms with Gasteiger partial charge in [-0.05, 0) is 42.8 Å². The van der Waals surface area contributed by atoms with Gasteiger partial charge in [0.25, 0.3) is 0 Å². The third-order valence-corrected chi connectivity index (χ3v) is 3.24. The molecule has 2 rings (SSSR count). The van der Waals surface area contributed by atoms with Gasteiger partial charge in [-0.1, -0.05) is 19.9 Å². The number of benzene rings is 1. The number of hydrogen-bond donors (Lipinski definition) is 1. The fourth-order valence-corrected chi connectivity index (χ4v) is 2.06. The molecule has 2 aromatic rings. The van der Waals surface area contributed by atoms with Crippen LogP contribution < -0.4 is 10.1 Å². The third-order valence-electron chi connectivity index (χ3n) is 3.24. The van der Waals surface area contributed by atoms with Crippen LogP contribution in [0.1, 0.15) is 31.0 Å². The molecule has 0 radical (unpaired) electrons. The molecule has 1 N–H and O–H groups in total. The molecular weight excluding hydrogens is 250 g/mol. The second-order valence-electron chi connectivity index (χ2n) is 5.05. The molecule has 0 amide bonds. The van der Waals surface area contributed by atoms with E-state index in [-0.39, 0.29) is 0 Å². The zero-order valence-electron chi connectivity index (χ0n) is 12.5. The fraction of sp³-hybridized carbons (Fsp3) is 0.375. The summed E-state index contributed by atoms with van der Waals surface area (Å²) in [4.78, 5) is 0. The topological polar surface area (TPSA) is 47.0 Å². The summed E-state index contributed by atoms with van der Waals surface area (Å²) in [6.07, 6.45) is 0. The Balaban J connectivity index is 2.41. The van der Waals surface area contributed by atoms with Gasteiger partial charge in [-0.2, -0.15) is 10.2 Å². The number of hydrogen-bond acceptors (Lipinski definition) is 4. The van der Waals surface area contributed by atoms with Crippen LogP contribution in [0, 0.1) is 0 Å². The van der Waals surface area contributed by atoms with E-state index in [1.165, 1.54) is 5.56 Å².